The summed E-state index contributed by atoms with van der Waals surface area (Å²) >= 11 is 1.55. The maximum Gasteiger partial charge on any atom is 0.248 e. The van der Waals surface area contributed by atoms with Gasteiger partial charge in [-0.25, -0.2) is 0 Å². The van der Waals surface area contributed by atoms with Crippen LogP contribution in [0.15, 0.2) is 39.4 Å². The van der Waals surface area contributed by atoms with Crippen molar-refractivity contribution in [1.82, 2.24) is 10.2 Å². The second-order valence-electron chi connectivity index (χ2n) is 6.95. The van der Waals surface area contributed by atoms with Gasteiger partial charge in [0.15, 0.2) is 0 Å². The van der Waals surface area contributed by atoms with Gasteiger partial charge in [-0.1, -0.05) is 0 Å². The fraction of sp³-hybridized carbons (Fsp3) is 0.333. The summed E-state index contributed by atoms with van der Waals surface area (Å²) in [5.74, 6) is 1.38. The predicted molar refractivity (Wildman–Crippen MR) is 114 cm³/mol. The number of hydrogen-bond acceptors (Lipinski definition) is 7. The summed E-state index contributed by atoms with van der Waals surface area (Å²) in [4.78, 5) is 26.4. The Bertz CT molecular complexity index is 1030. The molecule has 1 saturated heterocycles. The quantitative estimate of drug-likeness (QED) is 0.615. The molecule has 9 heteroatoms. The molecule has 0 bridgehead atoms. The Morgan fingerprint density at radius 1 is 1.30 bits per heavy atom. The van der Waals surface area contributed by atoms with Gasteiger partial charge in [-0.2, -0.15) is 11.3 Å². The number of ether oxygens (including phenoxy) is 1. The van der Waals surface area contributed by atoms with E-state index in [-0.39, 0.29) is 18.2 Å². The van der Waals surface area contributed by atoms with Gasteiger partial charge in [0, 0.05) is 42.4 Å². The second-order valence-corrected chi connectivity index (χ2v) is 7.73. The number of piperidine rings is 1. The van der Waals surface area contributed by atoms with E-state index >= 15 is 0 Å². The minimum Gasteiger partial charge on any atom is -0.495 e. The van der Waals surface area contributed by atoms with Crippen molar-refractivity contribution in [3.05, 3.63) is 40.9 Å². The summed E-state index contributed by atoms with van der Waals surface area (Å²) in [7, 11) is 1.57. The van der Waals surface area contributed by atoms with Crippen LogP contribution >= 0.6 is 11.3 Å². The number of carbonyl (C=O) groups is 2. The van der Waals surface area contributed by atoms with Crippen LogP contribution in [0.4, 0.5) is 11.4 Å². The first kappa shape index (κ1) is 20.1. The molecule has 0 atom stereocenters. The highest BCUT2D eigenvalue weighted by Crippen LogP contribution is 2.33. The largest absolute Gasteiger partial charge is 0.495 e. The summed E-state index contributed by atoms with van der Waals surface area (Å²) in [5.41, 5.74) is 2.16. The van der Waals surface area contributed by atoms with E-state index in [1.807, 2.05) is 16.8 Å². The molecule has 0 spiro atoms. The van der Waals surface area contributed by atoms with E-state index in [1.54, 1.807) is 41.5 Å². The van der Waals surface area contributed by atoms with E-state index < -0.39 is 0 Å². The monoisotopic (exact) mass is 426 g/mol. The summed E-state index contributed by atoms with van der Waals surface area (Å²) in [5, 5.41) is 14.8. The van der Waals surface area contributed by atoms with Crippen LogP contribution in [0.25, 0.3) is 11.5 Å². The number of aryl methyl sites for hydroxylation is 1. The molecule has 2 amide bonds. The van der Waals surface area contributed by atoms with E-state index in [0.29, 0.717) is 48.3 Å². The van der Waals surface area contributed by atoms with Crippen LogP contribution in [0.5, 0.6) is 5.75 Å². The van der Waals surface area contributed by atoms with Gasteiger partial charge in [0.05, 0.1) is 12.8 Å². The second kappa shape index (κ2) is 9.08. The average Bonchev–Trinajstić information content (AvgIpc) is 3.44. The summed E-state index contributed by atoms with van der Waals surface area (Å²) in [6.45, 7) is 0.649. The highest BCUT2D eigenvalue weighted by Gasteiger charge is 2.23. The van der Waals surface area contributed by atoms with Gasteiger partial charge < -0.3 is 19.4 Å². The lowest BCUT2D eigenvalue weighted by Gasteiger charge is -2.28. The topological polar surface area (TPSA) is 97.6 Å². The van der Waals surface area contributed by atoms with Crippen molar-refractivity contribution in [2.24, 2.45) is 0 Å². The molecule has 8 nitrogen and oxygen atoms in total. The van der Waals surface area contributed by atoms with Gasteiger partial charge in [0.25, 0.3) is 0 Å². The number of hydrogen-bond donors (Lipinski definition) is 1. The maximum absolute atomic E-state index is 12.4. The number of nitrogens with one attached hydrogen (secondary N) is 1. The van der Waals surface area contributed by atoms with E-state index in [9.17, 15) is 9.59 Å². The number of aromatic nitrogens is 2. The van der Waals surface area contributed by atoms with E-state index in [2.05, 4.69) is 15.5 Å². The van der Waals surface area contributed by atoms with Gasteiger partial charge in [0.1, 0.15) is 5.75 Å². The van der Waals surface area contributed by atoms with Crippen LogP contribution in [-0.4, -0.2) is 35.7 Å². The number of methoxy groups -OCH3 is 1. The maximum atomic E-state index is 12.4. The molecule has 1 N–H and O–H groups in total. The Morgan fingerprint density at radius 2 is 2.20 bits per heavy atom. The molecule has 0 unspecified atom stereocenters. The lowest BCUT2D eigenvalue weighted by molar-refractivity contribution is -0.119. The van der Waals surface area contributed by atoms with Crippen molar-refractivity contribution in [1.29, 1.82) is 0 Å². The average molecular weight is 426 g/mol. The van der Waals surface area contributed by atoms with Gasteiger partial charge in [-0.3, -0.25) is 9.59 Å². The number of amides is 2. The highest BCUT2D eigenvalue weighted by molar-refractivity contribution is 7.08. The van der Waals surface area contributed by atoms with Crippen molar-refractivity contribution in [3.63, 3.8) is 0 Å². The van der Waals surface area contributed by atoms with Crippen molar-refractivity contribution in [2.45, 2.75) is 32.1 Å². The normalized spacial score (nSPS) is 14.0. The van der Waals surface area contributed by atoms with Crippen molar-refractivity contribution < 1.29 is 18.7 Å². The summed E-state index contributed by atoms with van der Waals surface area (Å²) < 4.78 is 11.0. The van der Waals surface area contributed by atoms with Gasteiger partial charge >= 0.3 is 0 Å². The minimum absolute atomic E-state index is 0.0702. The molecule has 3 heterocycles. The molecule has 1 aliphatic heterocycles. The van der Waals surface area contributed by atoms with Crippen LogP contribution in [0.1, 0.15) is 31.6 Å². The summed E-state index contributed by atoms with van der Waals surface area (Å²) in [6.07, 6.45) is 2.92. The molecule has 0 aliphatic carbocycles. The van der Waals surface area contributed by atoms with Crippen molar-refractivity contribution in [3.8, 4) is 17.2 Å². The molecule has 1 aromatic carbocycles. The number of thiophene rings is 1. The predicted octanol–water partition coefficient (Wildman–Crippen LogP) is 3.89. The third-order valence-electron chi connectivity index (χ3n) is 4.88. The van der Waals surface area contributed by atoms with Crippen molar-refractivity contribution >= 4 is 34.5 Å². The molecule has 3 aromatic rings. The lowest BCUT2D eigenvalue weighted by Crippen LogP contribution is -2.35. The molecule has 1 aliphatic rings. The molecular formula is C21H22N4O4S. The van der Waals surface area contributed by atoms with Crippen LogP contribution in [0, 0.1) is 0 Å². The van der Waals surface area contributed by atoms with Gasteiger partial charge in [-0.05, 0) is 42.5 Å². The fourth-order valence-corrected chi connectivity index (χ4v) is 3.97. The van der Waals surface area contributed by atoms with Crippen LogP contribution in [0.3, 0.4) is 0 Å². The van der Waals surface area contributed by atoms with Crippen LogP contribution < -0.4 is 15.0 Å². The Hall–Kier alpha value is -3.20. The number of rotatable bonds is 7. The lowest BCUT2D eigenvalue weighted by atomic mass is 10.1. The first-order valence-corrected chi connectivity index (χ1v) is 10.7. The SMILES string of the molecule is COc1ccc(NC(=O)CCc2nnc(-c3ccsc3)o2)cc1N1CCCCC1=O. The first-order valence-electron chi connectivity index (χ1n) is 9.77. The van der Waals surface area contributed by atoms with Crippen LogP contribution in [-0.2, 0) is 16.0 Å². The molecule has 156 valence electrons. The molecule has 2 aromatic heterocycles. The number of carbonyl (C=O) groups excluding carboxylic acids is 2. The zero-order valence-electron chi connectivity index (χ0n) is 16.6. The van der Waals surface area contributed by atoms with Crippen molar-refractivity contribution in [2.75, 3.05) is 23.9 Å². The Balaban J connectivity index is 1.39. The molecule has 0 radical (unpaired) electrons. The van der Waals surface area contributed by atoms with E-state index in [4.69, 9.17) is 9.15 Å². The third-order valence-corrected chi connectivity index (χ3v) is 5.56. The van der Waals surface area contributed by atoms with Gasteiger partial charge in [0.2, 0.25) is 23.6 Å². The Morgan fingerprint density at radius 3 is 2.97 bits per heavy atom. The third kappa shape index (κ3) is 4.51. The minimum atomic E-state index is -0.175. The van der Waals surface area contributed by atoms with E-state index in [0.717, 1.165) is 18.4 Å². The Kier molecular flexibility index (Phi) is 6.08. The molecule has 1 fully saturated rings. The van der Waals surface area contributed by atoms with Crippen LogP contribution in [0.2, 0.25) is 0 Å². The number of nitrogens with zero attached hydrogens (tertiary/aromatic N) is 3. The first-order chi connectivity index (χ1) is 14.6. The Labute approximate surface area is 177 Å². The zero-order chi connectivity index (χ0) is 20.9. The smallest absolute Gasteiger partial charge is 0.248 e. The molecule has 4 rings (SSSR count). The standard InChI is InChI=1S/C21H22N4O4S/c1-28-17-6-5-15(12-16(17)25-10-3-2-4-20(25)27)22-18(26)7-8-19-23-24-21(29-19)14-9-11-30-13-14/h5-6,9,11-13H,2-4,7-8,10H2,1H3,(H,22,26). The van der Waals surface area contributed by atoms with E-state index in [1.165, 1.54) is 0 Å². The van der Waals surface area contributed by atoms with Gasteiger partial charge in [-0.15, -0.1) is 10.2 Å². The molecular weight excluding hydrogens is 404 g/mol. The number of benzene rings is 1. The number of anilines is 2. The summed E-state index contributed by atoms with van der Waals surface area (Å²) in [6, 6.07) is 7.21. The highest BCUT2D eigenvalue weighted by atomic mass is 32.1. The molecule has 0 saturated carbocycles. The fourth-order valence-electron chi connectivity index (χ4n) is 3.34. The zero-order valence-corrected chi connectivity index (χ0v) is 17.4. The molecule has 30 heavy (non-hydrogen) atoms.